The third-order valence-electron chi connectivity index (χ3n) is 2.13. The van der Waals surface area contributed by atoms with E-state index in [0.29, 0.717) is 0 Å². The van der Waals surface area contributed by atoms with E-state index in [4.69, 9.17) is 5.11 Å². The number of alkyl halides is 2. The van der Waals surface area contributed by atoms with Gasteiger partial charge in [0, 0.05) is 6.42 Å². The number of carboxylic acid groups (broad SMARTS) is 1. The quantitative estimate of drug-likeness (QED) is 0.727. The van der Waals surface area contributed by atoms with Crippen molar-refractivity contribution in [3.8, 4) is 0 Å². The lowest BCUT2D eigenvalue weighted by molar-refractivity contribution is -0.137. The van der Waals surface area contributed by atoms with Crippen LogP contribution in [0.1, 0.15) is 26.7 Å². The molecule has 0 rings (SSSR count). The van der Waals surface area contributed by atoms with Crippen molar-refractivity contribution in [2.75, 3.05) is 0 Å². The molecule has 1 N–H and O–H groups in total. The molecule has 5 heteroatoms. The summed E-state index contributed by atoms with van der Waals surface area (Å²) in [4.78, 5) is 10.2. The van der Waals surface area contributed by atoms with E-state index in [9.17, 15) is 18.7 Å². The van der Waals surface area contributed by atoms with Gasteiger partial charge in [0.25, 0.3) is 0 Å². The Morgan fingerprint density at radius 1 is 1.36 bits per heavy atom. The summed E-state index contributed by atoms with van der Waals surface area (Å²) >= 11 is 0. The largest absolute Gasteiger partial charge is 0.481 e. The van der Waals surface area contributed by atoms with Crippen molar-refractivity contribution in [2.24, 2.45) is 5.92 Å². The molecule has 0 spiro atoms. The number of halogens is 2. The topological polar surface area (TPSA) is 57.2 Å². The Morgan fingerprint density at radius 2 is 1.86 bits per heavy atom. The first kappa shape index (κ1) is 13.3. The zero-order valence-electron chi connectivity index (χ0n) is 8.24. The summed E-state index contributed by atoms with van der Waals surface area (Å²) in [7, 11) is 0. The maximum Gasteiger partial charge on any atom is 0.303 e. The average Bonchev–Trinajstić information content (AvgIpc) is 2.11. The third-order valence-corrected chi connectivity index (χ3v) is 2.13. The number of carbonyl (C=O) groups is 1. The van der Waals surface area contributed by atoms with Gasteiger partial charge in [-0.1, -0.05) is 6.92 Å². The molecule has 0 aromatic carbocycles. The molecule has 0 heterocycles. The second-order valence-corrected chi connectivity index (χ2v) is 3.50. The molecule has 0 aliphatic carbocycles. The van der Waals surface area contributed by atoms with Crippen molar-refractivity contribution < 1.29 is 23.8 Å². The van der Waals surface area contributed by atoms with Gasteiger partial charge in [-0.3, -0.25) is 4.79 Å². The van der Waals surface area contributed by atoms with Crippen LogP contribution in [0.25, 0.3) is 0 Å². The lowest BCUT2D eigenvalue weighted by Crippen LogP contribution is -2.33. The number of hydrogen-bond acceptors (Lipinski definition) is 1. The maximum atomic E-state index is 12.9. The molecular formula is C9H15F2O3. The first-order chi connectivity index (χ1) is 6.36. The molecule has 1 radical (unpaired) electrons. The van der Waals surface area contributed by atoms with E-state index in [1.807, 2.05) is 0 Å². The first-order valence-corrected chi connectivity index (χ1v) is 4.52. The van der Waals surface area contributed by atoms with Gasteiger partial charge >= 0.3 is 5.97 Å². The van der Waals surface area contributed by atoms with Gasteiger partial charge in [-0.15, -0.1) is 0 Å². The fraction of sp³-hybridized carbons (Fsp3) is 0.889. The smallest absolute Gasteiger partial charge is 0.303 e. The first-order valence-electron chi connectivity index (χ1n) is 4.52. The zero-order chi connectivity index (χ0) is 11.3. The van der Waals surface area contributed by atoms with Crippen LogP contribution in [-0.2, 0) is 9.90 Å². The van der Waals surface area contributed by atoms with Crippen molar-refractivity contribution in [1.82, 2.24) is 0 Å². The highest BCUT2D eigenvalue weighted by Crippen LogP contribution is 2.19. The SMILES string of the molecule is CC(F)C(F)C([O])C(C)CCC(=O)O. The van der Waals surface area contributed by atoms with Crippen molar-refractivity contribution in [2.45, 2.75) is 45.1 Å². The molecule has 0 aromatic heterocycles. The summed E-state index contributed by atoms with van der Waals surface area (Å²) in [6, 6.07) is 0. The Hall–Kier alpha value is -0.710. The van der Waals surface area contributed by atoms with Crippen molar-refractivity contribution in [1.29, 1.82) is 0 Å². The Morgan fingerprint density at radius 3 is 2.21 bits per heavy atom. The standard InChI is InChI=1S/C9H15F2O3/c1-5(3-4-7(12)13)9(14)8(11)6(2)10/h5-6,8-9H,3-4H2,1-2H3,(H,12,13). The van der Waals surface area contributed by atoms with Gasteiger partial charge in [-0.2, -0.15) is 0 Å². The minimum absolute atomic E-state index is 0.0800. The number of rotatable bonds is 6. The van der Waals surface area contributed by atoms with E-state index in [-0.39, 0.29) is 12.8 Å². The predicted octanol–water partition coefficient (Wildman–Crippen LogP) is 1.98. The summed E-state index contributed by atoms with van der Waals surface area (Å²) < 4.78 is 25.3. The summed E-state index contributed by atoms with van der Waals surface area (Å²) in [6.07, 6.45) is -5.65. The summed E-state index contributed by atoms with van der Waals surface area (Å²) in [5.74, 6) is -1.70. The normalized spacial score (nSPS) is 19.8. The average molecular weight is 209 g/mol. The van der Waals surface area contributed by atoms with Crippen LogP contribution in [0.5, 0.6) is 0 Å². The highest BCUT2D eigenvalue weighted by Gasteiger charge is 2.30. The lowest BCUT2D eigenvalue weighted by Gasteiger charge is -2.20. The van der Waals surface area contributed by atoms with E-state index in [1.165, 1.54) is 6.92 Å². The van der Waals surface area contributed by atoms with Crippen LogP contribution in [0.4, 0.5) is 8.78 Å². The summed E-state index contributed by atoms with van der Waals surface area (Å²) in [6.45, 7) is 2.43. The van der Waals surface area contributed by atoms with Crippen LogP contribution in [0.15, 0.2) is 0 Å². The number of carboxylic acids is 1. The number of aliphatic carboxylic acids is 1. The predicted molar refractivity (Wildman–Crippen MR) is 46.0 cm³/mol. The van der Waals surface area contributed by atoms with Crippen LogP contribution < -0.4 is 0 Å². The highest BCUT2D eigenvalue weighted by molar-refractivity contribution is 5.66. The number of hydrogen-bond donors (Lipinski definition) is 1. The molecule has 0 fully saturated rings. The van der Waals surface area contributed by atoms with Gasteiger partial charge in [-0.25, -0.2) is 13.9 Å². The van der Waals surface area contributed by atoms with Crippen LogP contribution >= 0.6 is 0 Å². The Kier molecular flexibility index (Phi) is 5.60. The molecule has 14 heavy (non-hydrogen) atoms. The van der Waals surface area contributed by atoms with Gasteiger partial charge in [0.05, 0.1) is 0 Å². The molecule has 83 valence electrons. The minimum Gasteiger partial charge on any atom is -0.481 e. The molecule has 0 amide bonds. The fourth-order valence-electron chi connectivity index (χ4n) is 1.09. The van der Waals surface area contributed by atoms with Gasteiger partial charge in [0.2, 0.25) is 0 Å². The van der Waals surface area contributed by atoms with Gasteiger partial charge in [-0.05, 0) is 19.3 Å². The minimum atomic E-state index is -2.06. The van der Waals surface area contributed by atoms with Gasteiger partial charge < -0.3 is 5.11 Å². The molecule has 0 bridgehead atoms. The summed E-state index contributed by atoms with van der Waals surface area (Å²) in [5.41, 5.74) is 0. The molecule has 4 unspecified atom stereocenters. The van der Waals surface area contributed by atoms with Crippen molar-refractivity contribution in [3.63, 3.8) is 0 Å². The fourth-order valence-corrected chi connectivity index (χ4v) is 1.09. The van der Waals surface area contributed by atoms with Crippen LogP contribution in [-0.4, -0.2) is 29.5 Å². The third kappa shape index (κ3) is 4.50. The van der Waals surface area contributed by atoms with Gasteiger partial charge in [0.1, 0.15) is 12.3 Å². The highest BCUT2D eigenvalue weighted by atomic mass is 19.2. The van der Waals surface area contributed by atoms with Crippen LogP contribution in [0, 0.1) is 5.92 Å². The second kappa shape index (κ2) is 5.90. The Labute approximate surface area is 81.7 Å². The molecular weight excluding hydrogens is 194 g/mol. The molecule has 0 aromatic rings. The molecule has 0 saturated heterocycles. The van der Waals surface area contributed by atoms with Crippen LogP contribution in [0.2, 0.25) is 0 Å². The van der Waals surface area contributed by atoms with E-state index in [1.54, 1.807) is 0 Å². The van der Waals surface area contributed by atoms with Crippen molar-refractivity contribution >= 4 is 5.97 Å². The maximum absolute atomic E-state index is 12.9. The Bertz CT molecular complexity index is 185. The summed E-state index contributed by atoms with van der Waals surface area (Å²) in [5, 5.41) is 19.5. The van der Waals surface area contributed by atoms with Crippen LogP contribution in [0.3, 0.4) is 0 Å². The monoisotopic (exact) mass is 209 g/mol. The molecule has 3 nitrogen and oxygen atoms in total. The zero-order valence-corrected chi connectivity index (χ0v) is 8.24. The van der Waals surface area contributed by atoms with E-state index in [0.717, 1.165) is 6.92 Å². The van der Waals surface area contributed by atoms with Gasteiger partial charge in [0.15, 0.2) is 6.17 Å². The van der Waals surface area contributed by atoms with E-state index in [2.05, 4.69) is 0 Å². The van der Waals surface area contributed by atoms with Crippen molar-refractivity contribution in [3.05, 3.63) is 0 Å². The molecule has 0 aliphatic rings. The van der Waals surface area contributed by atoms with E-state index >= 15 is 0 Å². The lowest BCUT2D eigenvalue weighted by atomic mass is 9.94. The molecule has 0 aliphatic heterocycles. The van der Waals surface area contributed by atoms with E-state index < -0.39 is 30.3 Å². The molecule has 0 saturated carbocycles. The Balaban J connectivity index is 3.98. The molecule has 4 atom stereocenters. The second-order valence-electron chi connectivity index (χ2n) is 3.50.